The summed E-state index contributed by atoms with van der Waals surface area (Å²) in [5, 5.41) is -0.256. The molecule has 1 nitrogen and oxygen atoms in total. The molecule has 0 atom stereocenters. The summed E-state index contributed by atoms with van der Waals surface area (Å²) in [6.45, 7) is 0. The van der Waals surface area contributed by atoms with Gasteiger partial charge in [-0.2, -0.15) is 0 Å². The SMILES string of the molecule is [2H]c1c([2H])c2c([2H])c([2H])c3c([2H])c([2H])c(-c4cc(-c5cccc6c5oc5ccccc56)cc(-c5c([2H])c([2H])c6c([2H])c([2H])c7c([2H])c([2H])c([2H])c8c([2H])c([2H])c5c6c78)c4)c4c([2H])c([2H])c(c1[2H])c2c34. The maximum absolute atomic E-state index is 9.66. The highest BCUT2D eigenvalue weighted by Gasteiger charge is 2.19. The van der Waals surface area contributed by atoms with Crippen LogP contribution in [0, 0.1) is 0 Å². The highest BCUT2D eigenvalue weighted by Crippen LogP contribution is 2.45. The Balaban J connectivity index is 1.31. The molecule has 0 aliphatic rings. The van der Waals surface area contributed by atoms with Crippen LogP contribution in [0.5, 0.6) is 0 Å². The van der Waals surface area contributed by atoms with Crippen LogP contribution in [0.25, 0.3) is 120 Å². The minimum absolute atomic E-state index is 0.0312. The van der Waals surface area contributed by atoms with Crippen LogP contribution < -0.4 is 0 Å². The smallest absolute Gasteiger partial charge is 0.143 e. The lowest BCUT2D eigenvalue weighted by molar-refractivity contribution is 0.670. The number of furan rings is 1. The van der Waals surface area contributed by atoms with Gasteiger partial charge in [0.25, 0.3) is 0 Å². The normalized spacial score (nSPS) is 17.3. The van der Waals surface area contributed by atoms with E-state index >= 15 is 0 Å². The van der Waals surface area contributed by atoms with Crippen molar-refractivity contribution in [3.05, 3.63) is 169 Å². The molecule has 0 fully saturated rings. The Hall–Kier alpha value is -6.70. The predicted molar refractivity (Wildman–Crippen MR) is 217 cm³/mol. The summed E-state index contributed by atoms with van der Waals surface area (Å²) in [4.78, 5) is 0. The van der Waals surface area contributed by atoms with E-state index in [4.69, 9.17) is 18.1 Å². The summed E-state index contributed by atoms with van der Waals surface area (Å²) in [6.07, 6.45) is 0. The van der Waals surface area contributed by atoms with Crippen LogP contribution in [-0.2, 0) is 0 Å². The van der Waals surface area contributed by atoms with E-state index in [9.17, 15) is 11.0 Å². The molecule has 0 unspecified atom stereocenters. The Kier molecular flexibility index (Phi) is 3.01. The molecule has 1 heterocycles. The van der Waals surface area contributed by atoms with E-state index in [1.165, 1.54) is 6.07 Å². The minimum atomic E-state index is -0.612. The van der Waals surface area contributed by atoms with Gasteiger partial charge in [0.05, 0.1) is 24.7 Å². The van der Waals surface area contributed by atoms with Gasteiger partial charge in [-0.1, -0.05) is 145 Å². The number of benzene rings is 11. The van der Waals surface area contributed by atoms with E-state index in [0.29, 0.717) is 22.3 Å². The molecule has 0 radical (unpaired) electrons. The third-order valence-electron chi connectivity index (χ3n) is 9.85. The highest BCUT2D eigenvalue weighted by atomic mass is 16.3. The molecule has 0 bridgehead atoms. The minimum Gasteiger partial charge on any atom is -0.455 e. The van der Waals surface area contributed by atoms with Crippen LogP contribution in [0.15, 0.2) is 174 Å². The second-order valence-corrected chi connectivity index (χ2v) is 12.6. The lowest BCUT2D eigenvalue weighted by atomic mass is 9.86. The second-order valence-electron chi connectivity index (χ2n) is 12.6. The van der Waals surface area contributed by atoms with Gasteiger partial charge in [0, 0.05) is 16.3 Å². The van der Waals surface area contributed by atoms with Crippen molar-refractivity contribution >= 4 is 86.6 Å². The summed E-state index contributed by atoms with van der Waals surface area (Å²) in [5.74, 6) is 0. The molecule has 1 aromatic heterocycles. The van der Waals surface area contributed by atoms with Gasteiger partial charge in [-0.15, -0.1) is 0 Å². The van der Waals surface area contributed by atoms with Gasteiger partial charge in [-0.25, -0.2) is 0 Å². The third kappa shape index (κ3) is 3.75. The van der Waals surface area contributed by atoms with Crippen molar-refractivity contribution in [3.8, 4) is 33.4 Å². The molecule has 12 aromatic rings. The van der Waals surface area contributed by atoms with E-state index in [2.05, 4.69) is 0 Å². The first-order valence-corrected chi connectivity index (χ1v) is 16.2. The molecule has 1 heteroatoms. The third-order valence-corrected chi connectivity index (χ3v) is 9.85. The molecule has 234 valence electrons. The number of hydrogen-bond donors (Lipinski definition) is 0. The lowest BCUT2D eigenvalue weighted by Crippen LogP contribution is -1.91. The molecule has 0 aliphatic carbocycles. The fourth-order valence-corrected chi connectivity index (χ4v) is 7.60. The van der Waals surface area contributed by atoms with Crippen LogP contribution in [0.4, 0.5) is 0 Å². The van der Waals surface area contributed by atoms with E-state index < -0.39 is 109 Å². The number of hydrogen-bond acceptors (Lipinski definition) is 1. The fraction of sp³-hybridized carbons (Fsp3) is 0. The van der Waals surface area contributed by atoms with E-state index in [-0.39, 0.29) is 86.9 Å². The van der Waals surface area contributed by atoms with Crippen molar-refractivity contribution in [2.24, 2.45) is 0 Å². The summed E-state index contributed by atoms with van der Waals surface area (Å²) in [7, 11) is 0. The molecule has 0 saturated carbocycles. The molecule has 0 aliphatic heterocycles. The van der Waals surface area contributed by atoms with Crippen molar-refractivity contribution in [2.45, 2.75) is 0 Å². The summed E-state index contributed by atoms with van der Waals surface area (Å²) < 4.78 is 171. The standard InChI is InChI=1S/C50H28O/c1-2-13-45-41(10-1)44-12-5-11-40(50(44)51-45)37-27-35(38-22-18-33-16-14-29-6-3-8-31-20-24-42(38)48(33)46(29)31)26-36(28-37)39-23-19-34-17-15-30-7-4-9-32-21-25-43(39)49(34)47(30)32/h1-28H/i3D,4D,6D,7D,8D,9D,14D,15D,16D,17D,18D,19D,20D,21D,22D,23D,24D,25D. The lowest BCUT2D eigenvalue weighted by Gasteiger charge is -2.18. The van der Waals surface area contributed by atoms with Gasteiger partial charge in [0.15, 0.2) is 0 Å². The quantitative estimate of drug-likeness (QED) is 0.172. The average Bonchev–Trinajstić information content (AvgIpc) is 3.72. The molecule has 12 rings (SSSR count). The largest absolute Gasteiger partial charge is 0.455 e. The zero-order chi connectivity index (χ0) is 48.9. The van der Waals surface area contributed by atoms with Crippen molar-refractivity contribution in [2.75, 3.05) is 0 Å². The number of rotatable bonds is 3. The van der Waals surface area contributed by atoms with Crippen LogP contribution in [0.3, 0.4) is 0 Å². The summed E-state index contributed by atoms with van der Waals surface area (Å²) in [5.41, 5.74) is 1.80. The Labute approximate surface area is 318 Å². The van der Waals surface area contributed by atoms with E-state index in [1.807, 2.05) is 24.3 Å². The molecule has 0 saturated heterocycles. The van der Waals surface area contributed by atoms with Crippen molar-refractivity contribution < 1.29 is 29.1 Å². The Bertz CT molecular complexity index is 4130. The molecule has 0 amide bonds. The Morgan fingerprint density at radius 3 is 1.37 bits per heavy atom. The molecule has 51 heavy (non-hydrogen) atoms. The van der Waals surface area contributed by atoms with Crippen molar-refractivity contribution in [1.29, 1.82) is 0 Å². The van der Waals surface area contributed by atoms with Gasteiger partial charge in [-0.05, 0) is 117 Å². The first-order valence-electron chi connectivity index (χ1n) is 25.2. The zero-order valence-corrected chi connectivity index (χ0v) is 26.2. The zero-order valence-electron chi connectivity index (χ0n) is 44.2. The van der Waals surface area contributed by atoms with Gasteiger partial charge < -0.3 is 4.42 Å². The van der Waals surface area contributed by atoms with Crippen LogP contribution in [0.1, 0.15) is 24.7 Å². The van der Waals surface area contributed by atoms with Crippen LogP contribution >= 0.6 is 0 Å². The van der Waals surface area contributed by atoms with Crippen molar-refractivity contribution in [3.63, 3.8) is 0 Å². The van der Waals surface area contributed by atoms with Crippen LogP contribution in [0.2, 0.25) is 0 Å². The number of fused-ring (bicyclic) bond motifs is 3. The predicted octanol–water partition coefficient (Wildman–Crippen LogP) is 14.4. The maximum atomic E-state index is 9.66. The second kappa shape index (κ2) is 9.94. The molecular formula is C50H28O. The van der Waals surface area contributed by atoms with E-state index in [1.54, 1.807) is 30.3 Å². The summed E-state index contributed by atoms with van der Waals surface area (Å²) in [6, 6.07) is 7.68. The first kappa shape index (κ1) is 15.5. The molecule has 0 spiro atoms. The van der Waals surface area contributed by atoms with Crippen LogP contribution in [-0.4, -0.2) is 0 Å². The van der Waals surface area contributed by atoms with Gasteiger partial charge >= 0.3 is 0 Å². The maximum Gasteiger partial charge on any atom is 0.143 e. The molecule has 11 aromatic carbocycles. The Morgan fingerprint density at radius 2 is 0.804 bits per heavy atom. The number of para-hydroxylation sites is 2. The monoisotopic (exact) mass is 662 g/mol. The molecular weight excluding hydrogens is 617 g/mol. The average molecular weight is 663 g/mol. The topological polar surface area (TPSA) is 13.1 Å². The van der Waals surface area contributed by atoms with Gasteiger partial charge in [-0.3, -0.25) is 0 Å². The Morgan fingerprint density at radius 1 is 0.353 bits per heavy atom. The van der Waals surface area contributed by atoms with Gasteiger partial charge in [0.1, 0.15) is 11.2 Å². The van der Waals surface area contributed by atoms with E-state index in [0.717, 1.165) is 10.8 Å². The fourth-order valence-electron chi connectivity index (χ4n) is 7.60. The molecule has 0 N–H and O–H groups in total. The highest BCUT2D eigenvalue weighted by molar-refractivity contribution is 6.27. The van der Waals surface area contributed by atoms with Crippen molar-refractivity contribution in [1.82, 2.24) is 0 Å². The summed E-state index contributed by atoms with van der Waals surface area (Å²) >= 11 is 0. The first-order chi connectivity index (χ1) is 32.8. The van der Waals surface area contributed by atoms with Gasteiger partial charge in [0.2, 0.25) is 0 Å².